The molecule has 0 aromatic carbocycles. The molecule has 1 aliphatic rings. The maximum absolute atomic E-state index is 12.0. The highest BCUT2D eigenvalue weighted by Gasteiger charge is 2.16. The minimum Gasteiger partial charge on any atom is -0.353 e. The molecule has 0 aliphatic carbocycles. The van der Waals surface area contributed by atoms with Crippen LogP contribution < -0.4 is 10.6 Å². The number of carbonyl (C=O) groups excluding carboxylic acids is 1. The van der Waals surface area contributed by atoms with Crippen molar-refractivity contribution < 1.29 is 4.79 Å². The highest BCUT2D eigenvalue weighted by molar-refractivity contribution is 5.76. The Balaban J connectivity index is 2.18. The third-order valence-electron chi connectivity index (χ3n) is 4.09. The molecule has 3 nitrogen and oxygen atoms in total. The van der Waals surface area contributed by atoms with E-state index in [0.29, 0.717) is 18.4 Å². The first-order valence-electron chi connectivity index (χ1n) is 8.26. The molecule has 1 rings (SSSR count). The zero-order chi connectivity index (χ0) is 13.9. The molecule has 0 saturated carbocycles. The van der Waals surface area contributed by atoms with Crippen LogP contribution in [0.3, 0.4) is 0 Å². The van der Waals surface area contributed by atoms with Crippen LogP contribution in [-0.4, -0.2) is 25.0 Å². The van der Waals surface area contributed by atoms with Crippen molar-refractivity contribution in [3.05, 3.63) is 0 Å². The fraction of sp³-hybridized carbons (Fsp3) is 0.938. The van der Waals surface area contributed by atoms with Crippen LogP contribution in [0.2, 0.25) is 0 Å². The van der Waals surface area contributed by atoms with Crippen molar-refractivity contribution in [3.8, 4) is 0 Å². The first-order chi connectivity index (χ1) is 9.26. The molecule has 1 amide bonds. The summed E-state index contributed by atoms with van der Waals surface area (Å²) in [5, 5.41) is 6.65. The quantitative estimate of drug-likeness (QED) is 0.674. The van der Waals surface area contributed by atoms with Gasteiger partial charge in [-0.2, -0.15) is 0 Å². The molecular formula is C16H32N2O. The van der Waals surface area contributed by atoms with Gasteiger partial charge in [-0.15, -0.1) is 0 Å². The minimum atomic E-state index is 0.264. The number of hydrogen-bond acceptors (Lipinski definition) is 2. The Hall–Kier alpha value is -0.570. The van der Waals surface area contributed by atoms with Gasteiger partial charge in [-0.25, -0.2) is 0 Å². The molecule has 0 aromatic heterocycles. The average molecular weight is 268 g/mol. The second-order valence-electron chi connectivity index (χ2n) is 5.95. The average Bonchev–Trinajstić information content (AvgIpc) is 2.44. The van der Waals surface area contributed by atoms with Crippen molar-refractivity contribution in [3.63, 3.8) is 0 Å². The van der Waals surface area contributed by atoms with Gasteiger partial charge in [0.15, 0.2) is 0 Å². The lowest BCUT2D eigenvalue weighted by Crippen LogP contribution is -2.36. The molecule has 0 spiro atoms. The third kappa shape index (κ3) is 7.56. The Labute approximate surface area is 118 Å². The summed E-state index contributed by atoms with van der Waals surface area (Å²) < 4.78 is 0. The standard InChI is InChI=1S/C16H32N2O/c1-3-5-9-15(7-4-2)18-16(19)11-10-14-8-6-12-17-13-14/h14-15,17H,3-13H2,1-2H3,(H,18,19). The normalized spacial score (nSPS) is 21.1. The maximum Gasteiger partial charge on any atom is 0.220 e. The number of amides is 1. The van der Waals surface area contributed by atoms with Gasteiger partial charge in [0.25, 0.3) is 0 Å². The van der Waals surface area contributed by atoms with Gasteiger partial charge in [0.05, 0.1) is 0 Å². The van der Waals surface area contributed by atoms with Crippen molar-refractivity contribution >= 4 is 5.91 Å². The van der Waals surface area contributed by atoms with Gasteiger partial charge in [-0.3, -0.25) is 4.79 Å². The molecule has 1 saturated heterocycles. The van der Waals surface area contributed by atoms with E-state index in [2.05, 4.69) is 24.5 Å². The summed E-state index contributed by atoms with van der Waals surface area (Å²) in [7, 11) is 0. The van der Waals surface area contributed by atoms with Gasteiger partial charge in [-0.05, 0) is 51.1 Å². The highest BCUT2D eigenvalue weighted by Crippen LogP contribution is 2.16. The lowest BCUT2D eigenvalue weighted by Gasteiger charge is -2.23. The molecule has 0 bridgehead atoms. The van der Waals surface area contributed by atoms with Gasteiger partial charge in [0, 0.05) is 12.5 Å². The molecule has 1 aliphatic heterocycles. The van der Waals surface area contributed by atoms with Crippen molar-refractivity contribution in [2.24, 2.45) is 5.92 Å². The number of nitrogens with one attached hydrogen (secondary N) is 2. The first-order valence-corrected chi connectivity index (χ1v) is 8.26. The summed E-state index contributed by atoms with van der Waals surface area (Å²) in [4.78, 5) is 12.0. The van der Waals surface area contributed by atoms with E-state index in [9.17, 15) is 4.79 Å². The number of unbranched alkanes of at least 4 members (excludes halogenated alkanes) is 1. The molecule has 2 N–H and O–H groups in total. The number of rotatable bonds is 9. The largest absolute Gasteiger partial charge is 0.353 e. The Morgan fingerprint density at radius 3 is 2.79 bits per heavy atom. The minimum absolute atomic E-state index is 0.264. The first kappa shape index (κ1) is 16.5. The Kier molecular flexibility index (Phi) is 8.89. The molecule has 0 aromatic rings. The van der Waals surface area contributed by atoms with E-state index in [1.807, 2.05) is 0 Å². The van der Waals surface area contributed by atoms with Crippen molar-refractivity contribution in [2.45, 2.75) is 77.7 Å². The van der Waals surface area contributed by atoms with Crippen LogP contribution in [0.25, 0.3) is 0 Å². The molecule has 0 radical (unpaired) electrons. The van der Waals surface area contributed by atoms with E-state index in [4.69, 9.17) is 0 Å². The number of piperidine rings is 1. The number of hydrogen-bond donors (Lipinski definition) is 2. The van der Waals surface area contributed by atoms with Gasteiger partial charge >= 0.3 is 0 Å². The summed E-state index contributed by atoms with van der Waals surface area (Å²) in [6.45, 7) is 6.65. The monoisotopic (exact) mass is 268 g/mol. The van der Waals surface area contributed by atoms with Crippen LogP contribution in [0.15, 0.2) is 0 Å². The second-order valence-corrected chi connectivity index (χ2v) is 5.95. The van der Waals surface area contributed by atoms with E-state index in [1.54, 1.807) is 0 Å². The Bertz CT molecular complexity index is 237. The summed E-state index contributed by atoms with van der Waals surface area (Å²) in [6, 6.07) is 0.405. The molecule has 1 fully saturated rings. The molecule has 1 heterocycles. The van der Waals surface area contributed by atoms with Crippen LogP contribution in [0.1, 0.15) is 71.6 Å². The van der Waals surface area contributed by atoms with E-state index >= 15 is 0 Å². The lowest BCUT2D eigenvalue weighted by molar-refractivity contribution is -0.122. The van der Waals surface area contributed by atoms with Crippen LogP contribution in [0.4, 0.5) is 0 Å². The van der Waals surface area contributed by atoms with Crippen molar-refractivity contribution in [1.82, 2.24) is 10.6 Å². The highest BCUT2D eigenvalue weighted by atomic mass is 16.1. The predicted molar refractivity (Wildman–Crippen MR) is 81.2 cm³/mol. The number of carbonyl (C=O) groups is 1. The van der Waals surface area contributed by atoms with Crippen LogP contribution in [-0.2, 0) is 4.79 Å². The second kappa shape index (κ2) is 10.2. The van der Waals surface area contributed by atoms with Gasteiger partial charge in [0.1, 0.15) is 0 Å². The molecule has 19 heavy (non-hydrogen) atoms. The zero-order valence-electron chi connectivity index (χ0n) is 12.8. The summed E-state index contributed by atoms with van der Waals surface area (Å²) in [6.07, 6.45) is 10.2. The van der Waals surface area contributed by atoms with Gasteiger partial charge in [-0.1, -0.05) is 33.1 Å². The Morgan fingerprint density at radius 1 is 1.32 bits per heavy atom. The van der Waals surface area contributed by atoms with Gasteiger partial charge < -0.3 is 10.6 Å². The van der Waals surface area contributed by atoms with Crippen molar-refractivity contribution in [2.75, 3.05) is 13.1 Å². The fourth-order valence-corrected chi connectivity index (χ4v) is 2.89. The van der Waals surface area contributed by atoms with Gasteiger partial charge in [0.2, 0.25) is 5.91 Å². The molecule has 2 unspecified atom stereocenters. The van der Waals surface area contributed by atoms with Crippen molar-refractivity contribution in [1.29, 1.82) is 0 Å². The van der Waals surface area contributed by atoms with Crippen LogP contribution in [0.5, 0.6) is 0 Å². The SMILES string of the molecule is CCCCC(CCC)NC(=O)CCC1CCCNC1. The van der Waals surface area contributed by atoms with E-state index < -0.39 is 0 Å². The summed E-state index contributed by atoms with van der Waals surface area (Å²) >= 11 is 0. The third-order valence-corrected chi connectivity index (χ3v) is 4.09. The summed E-state index contributed by atoms with van der Waals surface area (Å²) in [5.74, 6) is 0.972. The molecular weight excluding hydrogens is 236 g/mol. The molecule has 3 heteroatoms. The topological polar surface area (TPSA) is 41.1 Å². The maximum atomic E-state index is 12.0. The molecule has 112 valence electrons. The van der Waals surface area contributed by atoms with Crippen LogP contribution in [0, 0.1) is 5.92 Å². The van der Waals surface area contributed by atoms with E-state index in [-0.39, 0.29) is 5.91 Å². The van der Waals surface area contributed by atoms with E-state index in [1.165, 1.54) is 25.7 Å². The predicted octanol–water partition coefficient (Wildman–Crippen LogP) is 3.24. The zero-order valence-corrected chi connectivity index (χ0v) is 12.8. The molecule has 2 atom stereocenters. The Morgan fingerprint density at radius 2 is 2.16 bits per heavy atom. The van der Waals surface area contributed by atoms with E-state index in [0.717, 1.165) is 38.8 Å². The smallest absolute Gasteiger partial charge is 0.220 e. The summed E-state index contributed by atoms with van der Waals surface area (Å²) in [5.41, 5.74) is 0. The van der Waals surface area contributed by atoms with Crippen LogP contribution >= 0.6 is 0 Å². The fourth-order valence-electron chi connectivity index (χ4n) is 2.89. The lowest BCUT2D eigenvalue weighted by atomic mass is 9.94.